The van der Waals surface area contributed by atoms with Crippen molar-refractivity contribution in [1.82, 2.24) is 0 Å². The summed E-state index contributed by atoms with van der Waals surface area (Å²) in [5.41, 5.74) is 2.51. The molecule has 3 atom stereocenters. The van der Waals surface area contributed by atoms with Crippen LogP contribution in [-0.2, 0) is 6.42 Å². The molecule has 1 aliphatic rings. The summed E-state index contributed by atoms with van der Waals surface area (Å²) in [5.74, 6) is 1.09. The minimum Gasteiger partial charge on any atom is -0.388 e. The highest BCUT2D eigenvalue weighted by Gasteiger charge is 2.30. The zero-order valence-electron chi connectivity index (χ0n) is 10.3. The van der Waals surface area contributed by atoms with Crippen molar-refractivity contribution in [2.24, 2.45) is 11.8 Å². The van der Waals surface area contributed by atoms with Crippen LogP contribution in [0, 0.1) is 11.8 Å². The normalized spacial score (nSPS) is 26.2. The highest BCUT2D eigenvalue weighted by molar-refractivity contribution is 5.31. The van der Waals surface area contributed by atoms with Crippen LogP contribution in [0.4, 0.5) is 0 Å². The molecule has 3 unspecified atom stereocenters. The first kappa shape index (κ1) is 11.7. The number of aliphatic hydroxyl groups is 1. The zero-order valence-corrected chi connectivity index (χ0v) is 10.3. The molecule has 0 fully saturated rings. The van der Waals surface area contributed by atoms with Crippen LogP contribution in [0.1, 0.15) is 50.3 Å². The highest BCUT2D eigenvalue weighted by Crippen LogP contribution is 2.39. The Labute approximate surface area is 98.5 Å². The summed E-state index contributed by atoms with van der Waals surface area (Å²) in [6.07, 6.45) is 4.47. The van der Waals surface area contributed by atoms with E-state index in [9.17, 15) is 5.11 Å². The molecule has 0 aliphatic heterocycles. The van der Waals surface area contributed by atoms with E-state index in [0.717, 1.165) is 12.8 Å². The molecule has 1 heteroatoms. The Morgan fingerprint density at radius 3 is 2.88 bits per heavy atom. The Morgan fingerprint density at radius 2 is 2.12 bits per heavy atom. The molecule has 1 aromatic carbocycles. The summed E-state index contributed by atoms with van der Waals surface area (Å²) in [4.78, 5) is 0. The molecule has 1 aromatic rings. The molecule has 0 spiro atoms. The number of rotatable bonds is 3. The fourth-order valence-electron chi connectivity index (χ4n) is 3.03. The van der Waals surface area contributed by atoms with Crippen molar-refractivity contribution < 1.29 is 5.11 Å². The van der Waals surface area contributed by atoms with E-state index in [-0.39, 0.29) is 6.10 Å². The highest BCUT2D eigenvalue weighted by atomic mass is 16.3. The third-order valence-electron chi connectivity index (χ3n) is 4.00. The van der Waals surface area contributed by atoms with Gasteiger partial charge >= 0.3 is 0 Å². The van der Waals surface area contributed by atoms with Crippen molar-refractivity contribution in [3.8, 4) is 0 Å². The summed E-state index contributed by atoms with van der Waals surface area (Å²) in [7, 11) is 0. The van der Waals surface area contributed by atoms with Gasteiger partial charge in [0.25, 0.3) is 0 Å². The van der Waals surface area contributed by atoms with E-state index in [4.69, 9.17) is 0 Å². The Balaban J connectivity index is 2.17. The van der Waals surface area contributed by atoms with Gasteiger partial charge in [-0.25, -0.2) is 0 Å². The molecule has 0 bridgehead atoms. The largest absolute Gasteiger partial charge is 0.388 e. The molecule has 0 amide bonds. The first-order valence-electron chi connectivity index (χ1n) is 6.50. The molecular weight excluding hydrogens is 196 g/mol. The second-order valence-corrected chi connectivity index (χ2v) is 5.11. The molecule has 0 radical (unpaired) electrons. The van der Waals surface area contributed by atoms with Gasteiger partial charge in [0.05, 0.1) is 6.10 Å². The van der Waals surface area contributed by atoms with Crippen molar-refractivity contribution in [3.63, 3.8) is 0 Å². The van der Waals surface area contributed by atoms with Gasteiger partial charge < -0.3 is 5.11 Å². The van der Waals surface area contributed by atoms with Gasteiger partial charge in [0.15, 0.2) is 0 Å². The minimum absolute atomic E-state index is 0.244. The zero-order chi connectivity index (χ0) is 11.5. The molecule has 88 valence electrons. The molecule has 1 nitrogen and oxygen atoms in total. The topological polar surface area (TPSA) is 20.2 Å². The monoisotopic (exact) mass is 218 g/mol. The smallest absolute Gasteiger partial charge is 0.0823 e. The van der Waals surface area contributed by atoms with Crippen LogP contribution >= 0.6 is 0 Å². The van der Waals surface area contributed by atoms with Gasteiger partial charge in [-0.1, -0.05) is 51.0 Å². The summed E-state index contributed by atoms with van der Waals surface area (Å²) in [6.45, 7) is 4.50. The van der Waals surface area contributed by atoms with Crippen LogP contribution in [0.3, 0.4) is 0 Å². The summed E-state index contributed by atoms with van der Waals surface area (Å²) >= 11 is 0. The van der Waals surface area contributed by atoms with Crippen molar-refractivity contribution in [2.45, 2.75) is 45.6 Å². The summed E-state index contributed by atoms with van der Waals surface area (Å²) < 4.78 is 0. The number of aryl methyl sites for hydroxylation is 1. The molecule has 2 rings (SSSR count). The second kappa shape index (κ2) is 5.01. The maximum Gasteiger partial charge on any atom is 0.0823 e. The lowest BCUT2D eigenvalue weighted by Crippen LogP contribution is -2.25. The maximum atomic E-state index is 10.4. The van der Waals surface area contributed by atoms with Crippen molar-refractivity contribution in [1.29, 1.82) is 0 Å². The van der Waals surface area contributed by atoms with Gasteiger partial charge in [-0.05, 0) is 35.8 Å². The van der Waals surface area contributed by atoms with Gasteiger partial charge in [-0.3, -0.25) is 0 Å². The van der Waals surface area contributed by atoms with Crippen LogP contribution < -0.4 is 0 Å². The molecule has 0 heterocycles. The third-order valence-corrected chi connectivity index (χ3v) is 4.00. The van der Waals surface area contributed by atoms with Gasteiger partial charge in [0, 0.05) is 0 Å². The molecule has 0 aromatic heterocycles. The molecule has 0 saturated carbocycles. The van der Waals surface area contributed by atoms with Crippen LogP contribution in [-0.4, -0.2) is 5.11 Å². The van der Waals surface area contributed by atoms with Gasteiger partial charge in [0.2, 0.25) is 0 Å². The fourth-order valence-corrected chi connectivity index (χ4v) is 3.03. The van der Waals surface area contributed by atoms with Crippen molar-refractivity contribution in [2.75, 3.05) is 0 Å². The molecule has 1 N–H and O–H groups in total. The number of hydrogen-bond donors (Lipinski definition) is 1. The number of fused-ring (bicyclic) bond motifs is 1. The lowest BCUT2D eigenvalue weighted by atomic mass is 9.74. The third kappa shape index (κ3) is 2.15. The maximum absolute atomic E-state index is 10.4. The molecular formula is C15H22O. The average molecular weight is 218 g/mol. The predicted octanol–water partition coefficient (Wildman–Crippen LogP) is 3.72. The van der Waals surface area contributed by atoms with Crippen LogP contribution in [0.15, 0.2) is 24.3 Å². The van der Waals surface area contributed by atoms with E-state index in [1.54, 1.807) is 0 Å². The van der Waals surface area contributed by atoms with Crippen LogP contribution in [0.2, 0.25) is 0 Å². The van der Waals surface area contributed by atoms with E-state index in [1.165, 1.54) is 24.0 Å². The van der Waals surface area contributed by atoms with E-state index in [1.807, 2.05) is 6.07 Å². The SMILES string of the molecule is CCCC(C)C1CCc2ccccc2C1O. The average Bonchev–Trinajstić information content (AvgIpc) is 2.30. The first-order valence-corrected chi connectivity index (χ1v) is 6.50. The standard InChI is InChI=1S/C15H22O/c1-3-6-11(2)13-10-9-12-7-4-5-8-14(12)15(13)16/h4-5,7-8,11,13,15-16H,3,6,9-10H2,1-2H3. The first-order chi connectivity index (χ1) is 7.74. The summed E-state index contributed by atoms with van der Waals surface area (Å²) in [5, 5.41) is 10.4. The lowest BCUT2D eigenvalue weighted by molar-refractivity contribution is 0.0593. The fraction of sp³-hybridized carbons (Fsp3) is 0.600. The van der Waals surface area contributed by atoms with Gasteiger partial charge in [-0.2, -0.15) is 0 Å². The lowest BCUT2D eigenvalue weighted by Gasteiger charge is -2.34. The predicted molar refractivity (Wildman–Crippen MR) is 67.3 cm³/mol. The van der Waals surface area contributed by atoms with Gasteiger partial charge in [-0.15, -0.1) is 0 Å². The van der Waals surface area contributed by atoms with Crippen LogP contribution in [0.25, 0.3) is 0 Å². The van der Waals surface area contributed by atoms with E-state index >= 15 is 0 Å². The number of benzene rings is 1. The number of hydrogen-bond acceptors (Lipinski definition) is 1. The quantitative estimate of drug-likeness (QED) is 0.819. The van der Waals surface area contributed by atoms with Crippen LogP contribution in [0.5, 0.6) is 0 Å². The molecule has 0 saturated heterocycles. The van der Waals surface area contributed by atoms with E-state index in [0.29, 0.717) is 11.8 Å². The Bertz CT molecular complexity index is 345. The second-order valence-electron chi connectivity index (χ2n) is 5.11. The minimum atomic E-state index is -0.244. The molecule has 16 heavy (non-hydrogen) atoms. The van der Waals surface area contributed by atoms with Gasteiger partial charge in [0.1, 0.15) is 0 Å². The number of aliphatic hydroxyl groups excluding tert-OH is 1. The van der Waals surface area contributed by atoms with Crippen molar-refractivity contribution >= 4 is 0 Å². The Kier molecular flexibility index (Phi) is 3.65. The van der Waals surface area contributed by atoms with E-state index in [2.05, 4.69) is 32.0 Å². The van der Waals surface area contributed by atoms with E-state index < -0.39 is 0 Å². The Morgan fingerprint density at radius 1 is 1.38 bits per heavy atom. The van der Waals surface area contributed by atoms with Crippen molar-refractivity contribution in [3.05, 3.63) is 35.4 Å². The summed E-state index contributed by atoms with van der Waals surface area (Å²) in [6, 6.07) is 8.35. The molecule has 1 aliphatic carbocycles. The Hall–Kier alpha value is -0.820.